The van der Waals surface area contributed by atoms with Crippen LogP contribution in [0, 0.1) is 5.92 Å². The molecule has 6 heteroatoms. The quantitative estimate of drug-likeness (QED) is 0.900. The van der Waals surface area contributed by atoms with Crippen LogP contribution < -0.4 is 5.32 Å². The van der Waals surface area contributed by atoms with E-state index in [-0.39, 0.29) is 18.4 Å². The molecule has 0 spiro atoms. The first-order chi connectivity index (χ1) is 11.1. The number of halogens is 1. The molecule has 1 aromatic carbocycles. The third-order valence-corrected chi connectivity index (χ3v) is 4.40. The molecular weight excluding hydrogens is 316 g/mol. The monoisotopic (exact) mass is 334 g/mol. The van der Waals surface area contributed by atoms with E-state index in [9.17, 15) is 9.90 Å². The SMILES string of the molecule is O=C(NC[C@H](O)C1CCOCC1)c1ccc2ccc(Cl)cc2n1. The summed E-state index contributed by atoms with van der Waals surface area (Å²) in [5.74, 6) is -0.120. The van der Waals surface area contributed by atoms with Crippen LogP contribution in [-0.4, -0.2) is 41.9 Å². The van der Waals surface area contributed by atoms with Gasteiger partial charge in [0, 0.05) is 30.2 Å². The molecule has 0 radical (unpaired) electrons. The highest BCUT2D eigenvalue weighted by molar-refractivity contribution is 6.31. The topological polar surface area (TPSA) is 71.5 Å². The van der Waals surface area contributed by atoms with Crippen LogP contribution in [0.3, 0.4) is 0 Å². The van der Waals surface area contributed by atoms with E-state index < -0.39 is 6.10 Å². The Morgan fingerprint density at radius 2 is 2.09 bits per heavy atom. The highest BCUT2D eigenvalue weighted by Crippen LogP contribution is 2.19. The lowest BCUT2D eigenvalue weighted by molar-refractivity contribution is 0.00871. The first-order valence-electron chi connectivity index (χ1n) is 7.74. The molecule has 1 amide bonds. The summed E-state index contributed by atoms with van der Waals surface area (Å²) in [6.07, 6.45) is 1.09. The molecule has 0 bridgehead atoms. The van der Waals surface area contributed by atoms with Gasteiger partial charge in [0.1, 0.15) is 5.69 Å². The largest absolute Gasteiger partial charge is 0.391 e. The molecule has 1 atom stereocenters. The lowest BCUT2D eigenvalue weighted by atomic mass is 9.94. The van der Waals surface area contributed by atoms with Crippen LogP contribution in [-0.2, 0) is 4.74 Å². The van der Waals surface area contributed by atoms with Crippen molar-refractivity contribution in [2.75, 3.05) is 19.8 Å². The Balaban J connectivity index is 1.63. The average molecular weight is 335 g/mol. The van der Waals surface area contributed by atoms with E-state index >= 15 is 0 Å². The Morgan fingerprint density at radius 3 is 2.87 bits per heavy atom. The van der Waals surface area contributed by atoms with Gasteiger partial charge in [-0.25, -0.2) is 4.98 Å². The van der Waals surface area contributed by atoms with Crippen molar-refractivity contribution in [3.8, 4) is 0 Å². The highest BCUT2D eigenvalue weighted by Gasteiger charge is 2.22. The van der Waals surface area contributed by atoms with E-state index in [2.05, 4.69) is 10.3 Å². The highest BCUT2D eigenvalue weighted by atomic mass is 35.5. The van der Waals surface area contributed by atoms with Crippen LogP contribution in [0.5, 0.6) is 0 Å². The number of carbonyl (C=O) groups excluding carboxylic acids is 1. The molecule has 1 fully saturated rings. The molecule has 1 aliphatic rings. The third kappa shape index (κ3) is 3.99. The number of aliphatic hydroxyl groups is 1. The maximum Gasteiger partial charge on any atom is 0.269 e. The van der Waals surface area contributed by atoms with Gasteiger partial charge in [-0.05, 0) is 37.0 Å². The lowest BCUT2D eigenvalue weighted by Gasteiger charge is -2.26. The number of nitrogens with one attached hydrogen (secondary N) is 1. The van der Waals surface area contributed by atoms with Gasteiger partial charge in [-0.3, -0.25) is 4.79 Å². The fraction of sp³-hybridized carbons (Fsp3) is 0.412. The summed E-state index contributed by atoms with van der Waals surface area (Å²) in [6.45, 7) is 1.56. The van der Waals surface area contributed by atoms with Crippen molar-refractivity contribution >= 4 is 28.4 Å². The molecule has 0 unspecified atom stereocenters. The Kier molecular flexibility index (Phi) is 5.10. The van der Waals surface area contributed by atoms with Crippen LogP contribution in [0.1, 0.15) is 23.3 Å². The summed E-state index contributed by atoms with van der Waals surface area (Å²) in [5, 5.41) is 14.4. The number of carbonyl (C=O) groups is 1. The Bertz CT molecular complexity index is 701. The number of pyridine rings is 1. The number of aromatic nitrogens is 1. The summed E-state index contributed by atoms with van der Waals surface area (Å²) in [7, 11) is 0. The maximum absolute atomic E-state index is 12.2. The van der Waals surface area contributed by atoms with Crippen molar-refractivity contribution in [2.45, 2.75) is 18.9 Å². The number of hydrogen-bond donors (Lipinski definition) is 2. The summed E-state index contributed by atoms with van der Waals surface area (Å²) in [4.78, 5) is 16.5. The number of nitrogens with zero attached hydrogens (tertiary/aromatic N) is 1. The zero-order valence-corrected chi connectivity index (χ0v) is 13.4. The predicted molar refractivity (Wildman–Crippen MR) is 88.6 cm³/mol. The van der Waals surface area contributed by atoms with Crippen molar-refractivity contribution in [2.24, 2.45) is 5.92 Å². The van der Waals surface area contributed by atoms with Gasteiger partial charge in [0.15, 0.2) is 0 Å². The number of ether oxygens (including phenoxy) is 1. The number of amides is 1. The first-order valence-corrected chi connectivity index (χ1v) is 8.11. The number of aliphatic hydroxyl groups excluding tert-OH is 1. The van der Waals surface area contributed by atoms with Crippen LogP contribution in [0.25, 0.3) is 10.9 Å². The Morgan fingerprint density at radius 1 is 1.35 bits per heavy atom. The fourth-order valence-electron chi connectivity index (χ4n) is 2.77. The molecule has 0 aliphatic carbocycles. The summed E-state index contributed by atoms with van der Waals surface area (Å²) in [5.41, 5.74) is 0.995. The lowest BCUT2D eigenvalue weighted by Crippen LogP contribution is -2.38. The summed E-state index contributed by atoms with van der Waals surface area (Å²) >= 11 is 5.96. The van der Waals surface area contributed by atoms with Gasteiger partial charge in [0.2, 0.25) is 0 Å². The van der Waals surface area contributed by atoms with Crippen molar-refractivity contribution in [3.05, 3.63) is 41.0 Å². The second kappa shape index (κ2) is 7.25. The molecule has 122 valence electrons. The molecule has 1 aromatic heterocycles. The molecule has 1 aliphatic heterocycles. The van der Waals surface area contributed by atoms with Crippen LogP contribution in [0.4, 0.5) is 0 Å². The Labute approximate surface area is 139 Å². The van der Waals surface area contributed by atoms with Crippen molar-refractivity contribution in [3.63, 3.8) is 0 Å². The smallest absolute Gasteiger partial charge is 0.269 e. The second-order valence-corrected chi connectivity index (χ2v) is 6.20. The average Bonchev–Trinajstić information content (AvgIpc) is 2.59. The minimum absolute atomic E-state index is 0.174. The van der Waals surface area contributed by atoms with Crippen molar-refractivity contribution in [1.29, 1.82) is 0 Å². The van der Waals surface area contributed by atoms with Crippen LogP contribution >= 0.6 is 11.6 Å². The molecule has 3 rings (SSSR count). The van der Waals surface area contributed by atoms with Gasteiger partial charge in [-0.1, -0.05) is 23.7 Å². The number of hydrogen-bond acceptors (Lipinski definition) is 4. The zero-order valence-electron chi connectivity index (χ0n) is 12.7. The van der Waals surface area contributed by atoms with Crippen LogP contribution in [0.15, 0.2) is 30.3 Å². The van der Waals surface area contributed by atoms with Crippen molar-refractivity contribution < 1.29 is 14.6 Å². The van der Waals surface area contributed by atoms with Crippen LogP contribution in [0.2, 0.25) is 5.02 Å². The molecule has 2 N–H and O–H groups in total. The van der Waals surface area contributed by atoms with E-state index in [1.54, 1.807) is 18.2 Å². The van der Waals surface area contributed by atoms with Gasteiger partial charge in [-0.15, -0.1) is 0 Å². The zero-order chi connectivity index (χ0) is 16.2. The second-order valence-electron chi connectivity index (χ2n) is 5.76. The maximum atomic E-state index is 12.2. The first kappa shape index (κ1) is 16.2. The van der Waals surface area contributed by atoms with E-state index in [0.29, 0.717) is 29.4 Å². The molecule has 2 aromatic rings. The minimum atomic E-state index is -0.558. The van der Waals surface area contributed by atoms with Crippen molar-refractivity contribution in [1.82, 2.24) is 10.3 Å². The molecule has 5 nitrogen and oxygen atoms in total. The van der Waals surface area contributed by atoms with E-state index in [4.69, 9.17) is 16.3 Å². The van der Waals surface area contributed by atoms with Gasteiger partial charge in [0.25, 0.3) is 5.91 Å². The molecular formula is C17H19ClN2O3. The normalized spacial score (nSPS) is 17.1. The van der Waals surface area contributed by atoms with Gasteiger partial charge in [-0.2, -0.15) is 0 Å². The van der Waals surface area contributed by atoms with E-state index in [0.717, 1.165) is 18.2 Å². The number of fused-ring (bicyclic) bond motifs is 1. The summed E-state index contributed by atoms with van der Waals surface area (Å²) in [6, 6.07) is 8.89. The fourth-order valence-corrected chi connectivity index (χ4v) is 2.94. The standard InChI is InChI=1S/C17H19ClN2O3/c18-13-3-1-11-2-4-14(20-15(11)9-13)17(22)19-10-16(21)12-5-7-23-8-6-12/h1-4,9,12,16,21H,5-8,10H2,(H,19,22)/t16-/m0/s1. The number of rotatable bonds is 4. The molecule has 2 heterocycles. The van der Waals surface area contributed by atoms with E-state index in [1.807, 2.05) is 12.1 Å². The third-order valence-electron chi connectivity index (χ3n) is 4.17. The van der Waals surface area contributed by atoms with Gasteiger partial charge < -0.3 is 15.2 Å². The predicted octanol–water partition coefficient (Wildman–Crippen LogP) is 2.41. The molecule has 0 saturated carbocycles. The Hall–Kier alpha value is -1.69. The number of benzene rings is 1. The minimum Gasteiger partial charge on any atom is -0.391 e. The molecule has 1 saturated heterocycles. The summed E-state index contributed by atoms with van der Waals surface area (Å²) < 4.78 is 5.28. The van der Waals surface area contributed by atoms with E-state index in [1.165, 1.54) is 0 Å². The van der Waals surface area contributed by atoms with Gasteiger partial charge in [0.05, 0.1) is 11.6 Å². The molecule has 23 heavy (non-hydrogen) atoms. The van der Waals surface area contributed by atoms with Gasteiger partial charge >= 0.3 is 0 Å².